The minimum absolute atomic E-state index is 0.661. The predicted octanol–water partition coefficient (Wildman–Crippen LogP) is 4.93. The number of para-hydroxylation sites is 1. The maximum Gasteiger partial charge on any atom is 0.186 e. The second kappa shape index (κ2) is 8.50. The van der Waals surface area contributed by atoms with Gasteiger partial charge in [0.1, 0.15) is 17.3 Å². The van der Waals surface area contributed by atoms with Crippen molar-refractivity contribution in [2.45, 2.75) is 0 Å². The minimum Gasteiger partial charge on any atom is -0.497 e. The molecule has 1 saturated heterocycles. The summed E-state index contributed by atoms with van der Waals surface area (Å²) >= 11 is 6.25. The van der Waals surface area contributed by atoms with Crippen molar-refractivity contribution in [2.75, 3.05) is 43.1 Å². The lowest BCUT2D eigenvalue weighted by Crippen LogP contribution is -2.47. The van der Waals surface area contributed by atoms with Crippen molar-refractivity contribution in [3.8, 4) is 17.0 Å². The summed E-state index contributed by atoms with van der Waals surface area (Å²) in [6.45, 7) is 3.55. The Morgan fingerprint density at radius 1 is 0.853 bits per heavy atom. The molecule has 0 bridgehead atoms. The monoisotopic (exact) mass is 470 g/mol. The number of methoxy groups -OCH3 is 1. The highest BCUT2D eigenvalue weighted by Crippen LogP contribution is 2.31. The van der Waals surface area contributed by atoms with Gasteiger partial charge in [-0.25, -0.2) is 4.98 Å². The molecular weight excluding hydrogens is 448 g/mol. The second-order valence-corrected chi connectivity index (χ2v) is 8.74. The number of benzene rings is 3. The van der Waals surface area contributed by atoms with E-state index in [1.54, 1.807) is 7.11 Å². The molecule has 8 heteroatoms. The van der Waals surface area contributed by atoms with E-state index in [1.807, 2.05) is 53.0 Å². The largest absolute Gasteiger partial charge is 0.497 e. The standard InChI is InChI=1S/C26H23ClN6O/c1-34-21-11-9-20(10-12-21)31-13-15-32(16-14-31)25-22-7-2-3-8-23(22)33-26(28-25)24(29-30-33)18-5-4-6-19(27)17-18/h2-12,17H,13-16H2,1H3. The number of fused-ring (bicyclic) bond motifs is 3. The molecule has 1 fully saturated rings. The molecule has 7 nitrogen and oxygen atoms in total. The number of anilines is 2. The van der Waals surface area contributed by atoms with E-state index in [0.29, 0.717) is 5.02 Å². The van der Waals surface area contributed by atoms with Crippen LogP contribution in [-0.2, 0) is 0 Å². The molecule has 0 radical (unpaired) electrons. The minimum atomic E-state index is 0.661. The van der Waals surface area contributed by atoms with Gasteiger partial charge in [0.15, 0.2) is 5.65 Å². The zero-order valence-electron chi connectivity index (χ0n) is 18.7. The SMILES string of the molecule is COc1ccc(N2CCN(c3nc4c(-c5cccc(Cl)c5)nnn4c4ccccc34)CC2)cc1. The molecule has 0 amide bonds. The van der Waals surface area contributed by atoms with Crippen LogP contribution < -0.4 is 14.5 Å². The van der Waals surface area contributed by atoms with E-state index < -0.39 is 0 Å². The van der Waals surface area contributed by atoms with E-state index in [0.717, 1.165) is 65.6 Å². The molecule has 0 saturated carbocycles. The smallest absolute Gasteiger partial charge is 0.186 e. The first-order chi connectivity index (χ1) is 16.7. The Bertz CT molecular complexity index is 1470. The van der Waals surface area contributed by atoms with Gasteiger partial charge in [-0.05, 0) is 48.5 Å². The summed E-state index contributed by atoms with van der Waals surface area (Å²) in [7, 11) is 1.69. The zero-order chi connectivity index (χ0) is 23.1. The zero-order valence-corrected chi connectivity index (χ0v) is 19.5. The Morgan fingerprint density at radius 3 is 2.38 bits per heavy atom. The topological polar surface area (TPSA) is 58.8 Å². The van der Waals surface area contributed by atoms with E-state index in [2.05, 4.69) is 44.4 Å². The van der Waals surface area contributed by atoms with Gasteiger partial charge in [0, 0.05) is 47.8 Å². The first kappa shape index (κ1) is 20.7. The molecule has 1 aliphatic rings. The average molecular weight is 471 g/mol. The number of rotatable bonds is 4. The fourth-order valence-corrected chi connectivity index (χ4v) is 4.77. The predicted molar refractivity (Wildman–Crippen MR) is 136 cm³/mol. The highest BCUT2D eigenvalue weighted by molar-refractivity contribution is 6.30. The molecule has 0 N–H and O–H groups in total. The Morgan fingerprint density at radius 2 is 1.62 bits per heavy atom. The number of aromatic nitrogens is 4. The quantitative estimate of drug-likeness (QED) is 0.371. The van der Waals surface area contributed by atoms with Crippen LogP contribution in [0.5, 0.6) is 5.75 Å². The summed E-state index contributed by atoms with van der Waals surface area (Å²) in [5.74, 6) is 1.83. The third-order valence-corrected chi connectivity index (χ3v) is 6.58. The van der Waals surface area contributed by atoms with Crippen LogP contribution in [-0.4, -0.2) is 53.1 Å². The van der Waals surface area contributed by atoms with Gasteiger partial charge in [-0.15, -0.1) is 5.10 Å². The van der Waals surface area contributed by atoms with Crippen molar-refractivity contribution in [3.63, 3.8) is 0 Å². The van der Waals surface area contributed by atoms with Crippen molar-refractivity contribution in [1.29, 1.82) is 0 Å². The Hall–Kier alpha value is -3.84. The molecule has 5 aromatic rings. The first-order valence-electron chi connectivity index (χ1n) is 11.3. The lowest BCUT2D eigenvalue weighted by Gasteiger charge is -2.37. The van der Waals surface area contributed by atoms with E-state index in [9.17, 15) is 0 Å². The lowest BCUT2D eigenvalue weighted by molar-refractivity contribution is 0.415. The van der Waals surface area contributed by atoms with Gasteiger partial charge < -0.3 is 14.5 Å². The number of piperazine rings is 1. The van der Waals surface area contributed by atoms with Gasteiger partial charge in [-0.2, -0.15) is 4.52 Å². The Labute approximate surface area is 202 Å². The number of ether oxygens (including phenoxy) is 1. The molecule has 1 aliphatic heterocycles. The number of hydrogen-bond acceptors (Lipinski definition) is 6. The van der Waals surface area contributed by atoms with E-state index in [1.165, 1.54) is 5.69 Å². The van der Waals surface area contributed by atoms with Crippen molar-refractivity contribution in [3.05, 3.63) is 77.8 Å². The summed E-state index contributed by atoms with van der Waals surface area (Å²) in [5, 5.41) is 10.6. The molecule has 170 valence electrons. The third-order valence-electron chi connectivity index (χ3n) is 6.35. The van der Waals surface area contributed by atoms with E-state index in [4.69, 9.17) is 21.3 Å². The van der Waals surface area contributed by atoms with Crippen molar-refractivity contribution in [1.82, 2.24) is 19.8 Å². The van der Waals surface area contributed by atoms with Crippen LogP contribution >= 0.6 is 11.6 Å². The molecule has 3 heterocycles. The average Bonchev–Trinajstić information content (AvgIpc) is 3.33. The summed E-state index contributed by atoms with van der Waals surface area (Å²) in [5.41, 5.74) is 4.55. The molecule has 6 rings (SSSR count). The molecule has 0 atom stereocenters. The van der Waals surface area contributed by atoms with Gasteiger partial charge in [0.05, 0.1) is 12.6 Å². The van der Waals surface area contributed by atoms with Gasteiger partial charge in [-0.1, -0.05) is 41.1 Å². The van der Waals surface area contributed by atoms with Crippen LogP contribution in [0.3, 0.4) is 0 Å². The maximum atomic E-state index is 6.25. The summed E-state index contributed by atoms with van der Waals surface area (Å²) in [4.78, 5) is 9.85. The van der Waals surface area contributed by atoms with Crippen LogP contribution in [0.15, 0.2) is 72.8 Å². The lowest BCUT2D eigenvalue weighted by atomic mass is 10.1. The van der Waals surface area contributed by atoms with E-state index >= 15 is 0 Å². The van der Waals surface area contributed by atoms with Gasteiger partial charge in [0.2, 0.25) is 0 Å². The molecular formula is C26H23ClN6O. The van der Waals surface area contributed by atoms with Crippen LogP contribution in [0.2, 0.25) is 5.02 Å². The summed E-state index contributed by atoms with van der Waals surface area (Å²) in [6.07, 6.45) is 0. The number of hydrogen-bond donors (Lipinski definition) is 0. The Balaban J connectivity index is 1.37. The van der Waals surface area contributed by atoms with Gasteiger partial charge in [0.25, 0.3) is 0 Å². The maximum absolute atomic E-state index is 6.25. The normalized spacial score (nSPS) is 14.2. The fraction of sp³-hybridized carbons (Fsp3) is 0.192. The van der Waals surface area contributed by atoms with Crippen molar-refractivity contribution < 1.29 is 4.74 Å². The molecule has 34 heavy (non-hydrogen) atoms. The third kappa shape index (κ3) is 3.58. The number of halogens is 1. The summed E-state index contributed by atoms with van der Waals surface area (Å²) in [6, 6.07) is 24.1. The van der Waals surface area contributed by atoms with Gasteiger partial charge >= 0.3 is 0 Å². The van der Waals surface area contributed by atoms with Crippen LogP contribution in [0, 0.1) is 0 Å². The summed E-state index contributed by atoms with van der Waals surface area (Å²) < 4.78 is 7.12. The highest BCUT2D eigenvalue weighted by Gasteiger charge is 2.23. The molecule has 0 spiro atoms. The van der Waals surface area contributed by atoms with Crippen LogP contribution in [0.25, 0.3) is 27.8 Å². The Kier molecular flexibility index (Phi) is 5.19. The van der Waals surface area contributed by atoms with Gasteiger partial charge in [-0.3, -0.25) is 0 Å². The van der Waals surface area contributed by atoms with Crippen molar-refractivity contribution in [2.24, 2.45) is 0 Å². The molecule has 3 aromatic carbocycles. The molecule has 0 unspecified atom stereocenters. The molecule has 2 aromatic heterocycles. The second-order valence-electron chi connectivity index (χ2n) is 8.31. The number of nitrogens with zero attached hydrogens (tertiary/aromatic N) is 6. The molecule has 0 aliphatic carbocycles. The highest BCUT2D eigenvalue weighted by atomic mass is 35.5. The fourth-order valence-electron chi connectivity index (χ4n) is 4.58. The van der Waals surface area contributed by atoms with Crippen LogP contribution in [0.1, 0.15) is 0 Å². The first-order valence-corrected chi connectivity index (χ1v) is 11.6. The van der Waals surface area contributed by atoms with Crippen molar-refractivity contribution >= 4 is 39.7 Å². The van der Waals surface area contributed by atoms with E-state index in [-0.39, 0.29) is 0 Å². The van der Waals surface area contributed by atoms with Crippen LogP contribution in [0.4, 0.5) is 11.5 Å².